The van der Waals surface area contributed by atoms with Crippen LogP contribution in [0, 0.1) is 0 Å². The molecule has 60 valence electrons. The molecule has 1 atom stereocenters. The van der Waals surface area contributed by atoms with Crippen LogP contribution in [0.1, 0.15) is 18.5 Å². The van der Waals surface area contributed by atoms with E-state index < -0.39 is 0 Å². The number of aromatic amines is 1. The van der Waals surface area contributed by atoms with Crippen LogP contribution in [0.5, 0.6) is 0 Å². The maximum Gasteiger partial charge on any atom is 0.262 e. The SMILES string of the molecule is C[C@H](N)c1c[nH]c(=O)c(Br)c1. The normalized spacial score (nSPS) is 13.0. The number of nitrogens with two attached hydrogens (primary N) is 1. The molecule has 11 heavy (non-hydrogen) atoms. The Morgan fingerprint density at radius 1 is 1.73 bits per heavy atom. The summed E-state index contributed by atoms with van der Waals surface area (Å²) in [6, 6.07) is 1.67. The van der Waals surface area contributed by atoms with E-state index in [2.05, 4.69) is 20.9 Å². The first-order chi connectivity index (χ1) is 5.11. The van der Waals surface area contributed by atoms with Crippen molar-refractivity contribution >= 4 is 15.9 Å². The molecule has 0 saturated heterocycles. The third-order valence-corrected chi connectivity index (χ3v) is 2.00. The Labute approximate surface area is 72.7 Å². The molecule has 0 aromatic carbocycles. The van der Waals surface area contributed by atoms with Gasteiger partial charge in [-0.05, 0) is 34.5 Å². The molecule has 0 amide bonds. The summed E-state index contributed by atoms with van der Waals surface area (Å²) in [5.74, 6) is 0. The number of nitrogens with one attached hydrogen (secondary N) is 1. The highest BCUT2D eigenvalue weighted by Gasteiger charge is 2.01. The first-order valence-electron chi connectivity index (χ1n) is 3.25. The number of halogens is 1. The number of hydrogen-bond donors (Lipinski definition) is 2. The van der Waals surface area contributed by atoms with Crippen LogP contribution < -0.4 is 11.3 Å². The molecule has 1 heterocycles. The highest BCUT2D eigenvalue weighted by atomic mass is 79.9. The Balaban J connectivity index is 3.15. The van der Waals surface area contributed by atoms with Gasteiger partial charge in [-0.2, -0.15) is 0 Å². The standard InChI is InChI=1S/C7H9BrN2O/c1-4(9)5-2-6(8)7(11)10-3-5/h2-4H,9H2,1H3,(H,10,11)/t4-/m0/s1. The first-order valence-corrected chi connectivity index (χ1v) is 4.04. The quantitative estimate of drug-likeness (QED) is 0.741. The third-order valence-electron chi connectivity index (χ3n) is 1.41. The van der Waals surface area contributed by atoms with Gasteiger partial charge in [0.05, 0.1) is 4.47 Å². The molecule has 0 aliphatic heterocycles. The highest BCUT2D eigenvalue weighted by molar-refractivity contribution is 9.10. The van der Waals surface area contributed by atoms with Crippen LogP contribution in [-0.2, 0) is 0 Å². The van der Waals surface area contributed by atoms with E-state index >= 15 is 0 Å². The lowest BCUT2D eigenvalue weighted by Gasteiger charge is -2.03. The predicted octanol–water partition coefficient (Wildman–Crippen LogP) is 1.16. The maximum absolute atomic E-state index is 10.9. The van der Waals surface area contributed by atoms with Gasteiger partial charge in [-0.25, -0.2) is 0 Å². The Hall–Kier alpha value is -0.610. The molecule has 1 aromatic rings. The third kappa shape index (κ3) is 1.91. The fraction of sp³-hybridized carbons (Fsp3) is 0.286. The fourth-order valence-corrected chi connectivity index (χ4v) is 1.11. The summed E-state index contributed by atoms with van der Waals surface area (Å²) in [4.78, 5) is 13.4. The molecule has 1 rings (SSSR count). The summed E-state index contributed by atoms with van der Waals surface area (Å²) >= 11 is 3.12. The van der Waals surface area contributed by atoms with E-state index in [1.165, 1.54) is 0 Å². The molecule has 0 aliphatic rings. The molecule has 0 spiro atoms. The number of H-pyrrole nitrogens is 1. The van der Waals surface area contributed by atoms with Crippen LogP contribution in [0.3, 0.4) is 0 Å². The molecule has 1 aromatic heterocycles. The van der Waals surface area contributed by atoms with Gasteiger partial charge in [0.1, 0.15) is 0 Å². The van der Waals surface area contributed by atoms with Gasteiger partial charge in [-0.3, -0.25) is 4.79 Å². The van der Waals surface area contributed by atoms with Gasteiger partial charge in [-0.1, -0.05) is 0 Å². The van der Waals surface area contributed by atoms with Crippen molar-refractivity contribution < 1.29 is 0 Å². The van der Waals surface area contributed by atoms with Crippen molar-refractivity contribution in [2.45, 2.75) is 13.0 Å². The average Bonchev–Trinajstić information content (AvgIpc) is 1.94. The van der Waals surface area contributed by atoms with E-state index in [0.29, 0.717) is 4.47 Å². The number of aromatic nitrogens is 1. The molecule has 0 saturated carbocycles. The fourth-order valence-electron chi connectivity index (χ4n) is 0.734. The smallest absolute Gasteiger partial charge is 0.262 e. The first kappa shape index (κ1) is 8.49. The van der Waals surface area contributed by atoms with E-state index in [1.54, 1.807) is 12.3 Å². The minimum atomic E-state index is -0.130. The van der Waals surface area contributed by atoms with Crippen LogP contribution in [0.25, 0.3) is 0 Å². The van der Waals surface area contributed by atoms with Gasteiger partial charge in [0.25, 0.3) is 5.56 Å². The van der Waals surface area contributed by atoms with Crippen LogP contribution in [0.2, 0.25) is 0 Å². The van der Waals surface area contributed by atoms with Crippen LogP contribution in [0.4, 0.5) is 0 Å². The second kappa shape index (κ2) is 3.19. The Morgan fingerprint density at radius 3 is 2.82 bits per heavy atom. The summed E-state index contributed by atoms with van der Waals surface area (Å²) in [6.07, 6.45) is 1.62. The summed E-state index contributed by atoms with van der Waals surface area (Å²) in [6.45, 7) is 1.86. The van der Waals surface area contributed by atoms with Crippen molar-refractivity contribution in [1.29, 1.82) is 0 Å². The molecular formula is C7H9BrN2O. The van der Waals surface area contributed by atoms with Crippen LogP contribution in [0.15, 0.2) is 21.5 Å². The van der Waals surface area contributed by atoms with Gasteiger partial charge in [0.2, 0.25) is 0 Å². The van der Waals surface area contributed by atoms with Gasteiger partial charge in [-0.15, -0.1) is 0 Å². The summed E-state index contributed by atoms with van der Waals surface area (Å²) in [5.41, 5.74) is 6.37. The second-order valence-corrected chi connectivity index (χ2v) is 3.25. The summed E-state index contributed by atoms with van der Waals surface area (Å²) in [7, 11) is 0. The van der Waals surface area contributed by atoms with E-state index in [4.69, 9.17) is 5.73 Å². The van der Waals surface area contributed by atoms with Crippen molar-refractivity contribution in [3.8, 4) is 0 Å². The zero-order valence-corrected chi connectivity index (χ0v) is 7.68. The summed E-state index contributed by atoms with van der Waals surface area (Å²) < 4.78 is 0.521. The molecule has 0 aliphatic carbocycles. The monoisotopic (exact) mass is 216 g/mol. The van der Waals surface area contributed by atoms with E-state index in [9.17, 15) is 4.79 Å². The Kier molecular flexibility index (Phi) is 2.46. The lowest BCUT2D eigenvalue weighted by Crippen LogP contribution is -2.11. The number of hydrogen-bond acceptors (Lipinski definition) is 2. The molecule has 0 radical (unpaired) electrons. The molecule has 0 bridgehead atoms. The zero-order valence-electron chi connectivity index (χ0n) is 6.10. The number of pyridine rings is 1. The maximum atomic E-state index is 10.9. The van der Waals surface area contributed by atoms with Gasteiger partial charge in [0.15, 0.2) is 0 Å². The average molecular weight is 217 g/mol. The van der Waals surface area contributed by atoms with Crippen LogP contribution in [-0.4, -0.2) is 4.98 Å². The minimum Gasteiger partial charge on any atom is -0.328 e. The van der Waals surface area contributed by atoms with Gasteiger partial charge >= 0.3 is 0 Å². The number of rotatable bonds is 1. The molecule has 0 unspecified atom stereocenters. The van der Waals surface area contributed by atoms with E-state index in [-0.39, 0.29) is 11.6 Å². The summed E-state index contributed by atoms with van der Waals surface area (Å²) in [5, 5.41) is 0. The van der Waals surface area contributed by atoms with Gasteiger partial charge < -0.3 is 10.7 Å². The predicted molar refractivity (Wildman–Crippen MR) is 47.4 cm³/mol. The highest BCUT2D eigenvalue weighted by Crippen LogP contribution is 2.10. The lowest BCUT2D eigenvalue weighted by atomic mass is 10.2. The van der Waals surface area contributed by atoms with Crippen LogP contribution >= 0.6 is 15.9 Å². The molecule has 0 fully saturated rings. The molecular weight excluding hydrogens is 208 g/mol. The van der Waals surface area contributed by atoms with Crippen molar-refractivity contribution in [3.63, 3.8) is 0 Å². The largest absolute Gasteiger partial charge is 0.328 e. The minimum absolute atomic E-state index is 0.0526. The molecule has 4 heteroatoms. The molecule has 3 N–H and O–H groups in total. The van der Waals surface area contributed by atoms with Crippen molar-refractivity contribution in [3.05, 3.63) is 32.7 Å². The van der Waals surface area contributed by atoms with E-state index in [0.717, 1.165) is 5.56 Å². The second-order valence-electron chi connectivity index (χ2n) is 2.40. The van der Waals surface area contributed by atoms with Gasteiger partial charge in [0, 0.05) is 12.2 Å². The van der Waals surface area contributed by atoms with Crippen molar-refractivity contribution in [2.24, 2.45) is 5.73 Å². The van der Waals surface area contributed by atoms with Crippen molar-refractivity contribution in [1.82, 2.24) is 4.98 Å². The topological polar surface area (TPSA) is 58.9 Å². The Bertz CT molecular complexity index is 306. The lowest BCUT2D eigenvalue weighted by molar-refractivity contribution is 0.808. The Morgan fingerprint density at radius 2 is 2.36 bits per heavy atom. The van der Waals surface area contributed by atoms with E-state index in [1.807, 2.05) is 6.92 Å². The zero-order chi connectivity index (χ0) is 8.43. The van der Waals surface area contributed by atoms with Crippen molar-refractivity contribution in [2.75, 3.05) is 0 Å². The molecule has 3 nitrogen and oxygen atoms in total.